The van der Waals surface area contributed by atoms with Gasteiger partial charge in [-0.2, -0.15) is 0 Å². The molecule has 12 amide bonds. The first-order valence-corrected chi connectivity index (χ1v) is 37.0. The van der Waals surface area contributed by atoms with Gasteiger partial charge < -0.3 is 94.1 Å². The highest BCUT2D eigenvalue weighted by molar-refractivity contribution is 7.13. The molecule has 16 N–H and O–H groups in total. The third-order valence-electron chi connectivity index (χ3n) is 18.6. The minimum atomic E-state index is -1.27. The average Bonchev–Trinajstić information content (AvgIpc) is 1.63. The number of azide groups is 1. The van der Waals surface area contributed by atoms with E-state index in [9.17, 15) is 67.7 Å². The maximum absolute atomic E-state index is 14.2. The Labute approximate surface area is 631 Å². The van der Waals surface area contributed by atoms with Crippen LogP contribution in [0, 0.1) is 17.8 Å². The number of hydrogen-bond acceptors (Lipinski definition) is 20. The molecule has 4 aliphatic rings. The number of nitrogens with two attached hydrogens (primary N) is 2. The topological polar surface area (TPSA) is 491 Å². The SMILES string of the molecule is CC(C)(C)[C@@H]1NC(=O)COCCNC(=O)[C@@H](CN)NC(=O)[C@@H](CCCCN=[N+]=[N-])NC(=O)[C@@H](Cc2ccc(-c3ccccc3)cc2)NC(=O)[C@@H]2C[C@@H](O)CN2C1=O.Cc1ccsc1-c1ccc(C[C@H]2NC(=O)[C@@H]3C[C@@H](O)CN3C(=O)[C@H](C(C)(C)C)NC(=O)COCCNC(=O)[C@@H](CN)NC(=O)[C@@H](C)NC2=O)cc1. The summed E-state index contributed by atoms with van der Waals surface area (Å²) in [5.41, 5.74) is 24.1. The number of thiophene rings is 1. The van der Waals surface area contributed by atoms with Crippen molar-refractivity contribution in [2.24, 2.45) is 27.4 Å². The molecule has 33 nitrogen and oxygen atoms in total. The molecule has 4 fully saturated rings. The Hall–Kier alpha value is -9.93. The van der Waals surface area contributed by atoms with Crippen LogP contribution < -0.4 is 64.6 Å². The molecule has 3 aromatic carbocycles. The average molecular weight is 1520 g/mol. The molecule has 1 aromatic heterocycles. The maximum atomic E-state index is 14.2. The number of fused-ring (bicyclic) bond motifs is 2. The van der Waals surface area contributed by atoms with E-state index >= 15 is 0 Å². The van der Waals surface area contributed by atoms with Crippen molar-refractivity contribution in [1.82, 2.24) is 63.0 Å². The highest BCUT2D eigenvalue weighted by Crippen LogP contribution is 2.31. The Kier molecular flexibility index (Phi) is 31.9. The molecule has 0 bridgehead atoms. The first kappa shape index (κ1) is 85.3. The molecule has 4 aliphatic heterocycles. The summed E-state index contributed by atoms with van der Waals surface area (Å²) in [6, 6.07) is 15.0. The second kappa shape index (κ2) is 40.3. The summed E-state index contributed by atoms with van der Waals surface area (Å²) in [5, 5.41) is 53.5. The number of nitrogens with zero attached hydrogens (tertiary/aromatic N) is 5. The molecule has 0 unspecified atom stereocenters. The van der Waals surface area contributed by atoms with Gasteiger partial charge >= 0.3 is 0 Å². The van der Waals surface area contributed by atoms with Crippen LogP contribution in [0.15, 0.2) is 95.4 Å². The third-order valence-corrected chi connectivity index (χ3v) is 19.7. The van der Waals surface area contributed by atoms with Crippen molar-refractivity contribution in [3.63, 3.8) is 0 Å². The molecule has 108 heavy (non-hydrogen) atoms. The summed E-state index contributed by atoms with van der Waals surface area (Å²) >= 11 is 1.61. The number of hydrogen-bond donors (Lipinski definition) is 14. The van der Waals surface area contributed by atoms with Crippen molar-refractivity contribution < 1.29 is 77.2 Å². The summed E-state index contributed by atoms with van der Waals surface area (Å²) in [4.78, 5) is 169. The fourth-order valence-corrected chi connectivity index (χ4v) is 13.5. The third kappa shape index (κ3) is 24.8. The molecular formula is C74H103N17O16S. The van der Waals surface area contributed by atoms with Gasteiger partial charge in [0.2, 0.25) is 70.9 Å². The highest BCUT2D eigenvalue weighted by atomic mass is 32.1. The van der Waals surface area contributed by atoms with Crippen molar-refractivity contribution in [2.45, 2.75) is 173 Å². The number of aliphatic hydroxyl groups excluding tert-OH is 2. The number of carbonyl (C=O) groups excluding carboxylic acids is 12. The number of benzene rings is 3. The molecule has 4 saturated heterocycles. The van der Waals surface area contributed by atoms with E-state index in [0.29, 0.717) is 24.0 Å². The molecule has 4 aromatic rings. The molecule has 8 rings (SSSR count). The van der Waals surface area contributed by atoms with Crippen LogP contribution in [-0.2, 0) is 79.8 Å². The minimum absolute atomic E-state index is 0.00310. The molecule has 586 valence electrons. The monoisotopic (exact) mass is 1520 g/mol. The van der Waals surface area contributed by atoms with Crippen molar-refractivity contribution in [1.29, 1.82) is 0 Å². The van der Waals surface area contributed by atoms with E-state index in [-0.39, 0.29) is 91.1 Å². The van der Waals surface area contributed by atoms with Gasteiger partial charge in [-0.3, -0.25) is 57.5 Å². The fraction of sp³-hybridized carbons (Fsp3) is 0.541. The first-order chi connectivity index (χ1) is 51.3. The Bertz CT molecular complexity index is 3850. The van der Waals surface area contributed by atoms with Gasteiger partial charge in [0.25, 0.3) is 0 Å². The number of ether oxygens (including phenoxy) is 2. The largest absolute Gasteiger partial charge is 0.391 e. The normalized spacial score (nSPS) is 25.6. The van der Waals surface area contributed by atoms with Gasteiger partial charge in [0.05, 0.1) is 25.4 Å². The lowest BCUT2D eigenvalue weighted by Gasteiger charge is -2.35. The number of rotatable bonds is 13. The van der Waals surface area contributed by atoms with E-state index in [0.717, 1.165) is 27.1 Å². The molecule has 5 heterocycles. The molecule has 0 saturated carbocycles. The predicted molar refractivity (Wildman–Crippen MR) is 400 cm³/mol. The van der Waals surface area contributed by atoms with Gasteiger partial charge in [0.15, 0.2) is 0 Å². The van der Waals surface area contributed by atoms with E-state index < -0.39 is 168 Å². The second-order valence-electron chi connectivity index (χ2n) is 29.3. The summed E-state index contributed by atoms with van der Waals surface area (Å²) in [6.45, 7) is 12.2. The van der Waals surface area contributed by atoms with Crippen LogP contribution in [0.2, 0.25) is 0 Å². The highest BCUT2D eigenvalue weighted by Gasteiger charge is 2.48. The lowest BCUT2D eigenvalue weighted by molar-refractivity contribution is -0.145. The molecule has 12 atom stereocenters. The van der Waals surface area contributed by atoms with Crippen LogP contribution >= 0.6 is 11.3 Å². The first-order valence-electron chi connectivity index (χ1n) is 36.1. The summed E-state index contributed by atoms with van der Waals surface area (Å²) in [7, 11) is 0. The zero-order valence-electron chi connectivity index (χ0n) is 62.2. The van der Waals surface area contributed by atoms with Crippen LogP contribution in [0.5, 0.6) is 0 Å². The van der Waals surface area contributed by atoms with Gasteiger partial charge in [-0.1, -0.05) is 132 Å². The summed E-state index contributed by atoms with van der Waals surface area (Å²) in [5.74, 6) is -7.81. The van der Waals surface area contributed by atoms with Gasteiger partial charge in [0.1, 0.15) is 73.6 Å². The van der Waals surface area contributed by atoms with Crippen LogP contribution in [0.25, 0.3) is 32.0 Å². The quantitative estimate of drug-likeness (QED) is 0.0356. The molecule has 0 spiro atoms. The minimum Gasteiger partial charge on any atom is -0.391 e. The van der Waals surface area contributed by atoms with E-state index in [2.05, 4.69) is 63.2 Å². The smallest absolute Gasteiger partial charge is 0.246 e. The van der Waals surface area contributed by atoms with Crippen molar-refractivity contribution >= 4 is 82.2 Å². The second-order valence-corrected chi connectivity index (χ2v) is 30.2. The fourth-order valence-electron chi connectivity index (χ4n) is 12.6. The summed E-state index contributed by atoms with van der Waals surface area (Å²) < 4.78 is 10.8. The Morgan fingerprint density at radius 1 is 0.528 bits per heavy atom. The van der Waals surface area contributed by atoms with Gasteiger partial charge in [-0.25, -0.2) is 0 Å². The number of aryl methyl sites for hydroxylation is 1. The number of nitrogens with one attached hydrogen (secondary N) is 10. The Morgan fingerprint density at radius 3 is 1.40 bits per heavy atom. The van der Waals surface area contributed by atoms with Gasteiger partial charge in [-0.05, 0) is 87.9 Å². The van der Waals surface area contributed by atoms with Crippen LogP contribution in [0.1, 0.15) is 97.3 Å². The molecular weight excluding hydrogens is 1410 g/mol. The van der Waals surface area contributed by atoms with E-state index in [1.165, 1.54) is 16.7 Å². The zero-order chi connectivity index (χ0) is 79.0. The van der Waals surface area contributed by atoms with Gasteiger partial charge in [0, 0.05) is 81.3 Å². The van der Waals surface area contributed by atoms with Crippen molar-refractivity contribution in [3.8, 4) is 21.6 Å². The van der Waals surface area contributed by atoms with E-state index in [1.807, 2.05) is 97.2 Å². The van der Waals surface area contributed by atoms with E-state index in [4.69, 9.17) is 26.5 Å². The summed E-state index contributed by atoms with van der Waals surface area (Å²) in [6.07, 6.45) is -1.43. The maximum Gasteiger partial charge on any atom is 0.246 e. The van der Waals surface area contributed by atoms with Crippen LogP contribution in [0.4, 0.5) is 0 Å². The molecule has 0 aliphatic carbocycles. The number of carbonyl (C=O) groups is 12. The van der Waals surface area contributed by atoms with Gasteiger partial charge in [-0.15, -0.1) is 11.3 Å². The van der Waals surface area contributed by atoms with Crippen LogP contribution in [0.3, 0.4) is 0 Å². The standard InChI is InChI=1S/C39H54N10O8.C35H49N7O8S/c1-39(2,3)33-38(56)49-22-27(50)20-31(49)37(55)45-29(19-24-12-14-26(15-13-24)25-9-5-4-6-10-25)36(54)44-28(11-7-8-16-43-48-41)35(53)46-30(21-40)34(52)42-17-18-57-23-32(51)47-33;1-19-10-13-51-28(19)22-8-6-21(7-9-22)14-24-32(47)38-20(2)30(45)40-25(16-36)31(46)37-11-12-50-18-27(44)41-29(35(3,4)5)34(49)42-17-23(43)15-26(42)33(48)39-24/h4-6,9-10,12-15,27-31,33,50H,7-8,11,16-23,40H2,1-3H3,(H,42,52)(H,44,54)(H,45,55)(H,46,53)(H,47,51);6-10,13,20,23-26,29,43H,11-12,14-18,36H2,1-5H3,(H,37,46)(H,38,47)(H,39,48)(H,40,45)(H,41,44)/t27-,28-,29-,30-,31+,33-;20-,23-,24-,25-,26+,29-/m11/s1. The Morgan fingerprint density at radius 2 is 0.954 bits per heavy atom. The Balaban J connectivity index is 0.000000303. The number of aliphatic hydroxyl groups is 2. The lowest BCUT2D eigenvalue weighted by atomic mass is 9.85. The van der Waals surface area contributed by atoms with E-state index in [1.54, 1.807) is 52.9 Å². The lowest BCUT2D eigenvalue weighted by Crippen LogP contribution is -2.60. The number of unbranched alkanes of at least 4 members (excludes halogenated alkanes) is 1. The predicted octanol–water partition coefficient (Wildman–Crippen LogP) is -0.233. The zero-order valence-corrected chi connectivity index (χ0v) is 63.0. The molecule has 34 heteroatoms. The molecule has 0 radical (unpaired) electrons. The number of amides is 12. The van der Waals surface area contributed by atoms with Crippen molar-refractivity contribution in [2.75, 3.05) is 72.2 Å². The van der Waals surface area contributed by atoms with Crippen LogP contribution in [-0.4, -0.2) is 236 Å². The van der Waals surface area contributed by atoms with Crippen molar-refractivity contribution in [3.05, 3.63) is 117 Å².